The van der Waals surface area contributed by atoms with E-state index in [1.54, 1.807) is 6.20 Å². The van der Waals surface area contributed by atoms with Crippen LogP contribution in [0.5, 0.6) is 0 Å². The van der Waals surface area contributed by atoms with E-state index in [-0.39, 0.29) is 11.8 Å². The van der Waals surface area contributed by atoms with Gasteiger partial charge in [-0.05, 0) is 98.9 Å². The highest BCUT2D eigenvalue weighted by atomic mass is 16.5. The zero-order chi connectivity index (χ0) is 33.1. The second-order valence-electron chi connectivity index (χ2n) is 14.4. The molecule has 4 rings (SSSR count). The molecule has 3 heterocycles. The quantitative estimate of drug-likeness (QED) is 0.0956. The third kappa shape index (κ3) is 8.12. The number of hydrogen-bond donors (Lipinski definition) is 2. The summed E-state index contributed by atoms with van der Waals surface area (Å²) in [6.07, 6.45) is 4.31. The Hall–Kier alpha value is -3.71. The van der Waals surface area contributed by atoms with Gasteiger partial charge in [0.05, 0.1) is 11.1 Å². The SMILES string of the molecule is Cc1cc(C)cc(-c2[nH]c3ncc(C(C)(C)C(=O)N(CC(C)C)CC(C)C)cc3c2C(C)CNCCc2cc[n+]([O-])c(C)c2)c1. The van der Waals surface area contributed by atoms with E-state index >= 15 is 0 Å². The van der Waals surface area contributed by atoms with Crippen LogP contribution in [0.25, 0.3) is 22.3 Å². The Morgan fingerprint density at radius 3 is 2.24 bits per heavy atom. The minimum Gasteiger partial charge on any atom is -0.619 e. The lowest BCUT2D eigenvalue weighted by Gasteiger charge is -2.34. The molecule has 0 aliphatic carbocycles. The summed E-state index contributed by atoms with van der Waals surface area (Å²) in [4.78, 5) is 24.7. The molecule has 0 spiro atoms. The van der Waals surface area contributed by atoms with Crippen LogP contribution in [-0.2, 0) is 16.6 Å². The topological polar surface area (TPSA) is 88.0 Å². The van der Waals surface area contributed by atoms with Gasteiger partial charge in [0.25, 0.3) is 0 Å². The maximum atomic E-state index is 14.1. The van der Waals surface area contributed by atoms with Gasteiger partial charge in [0.1, 0.15) is 5.65 Å². The average Bonchev–Trinajstić information content (AvgIpc) is 3.34. The van der Waals surface area contributed by atoms with E-state index in [1.807, 2.05) is 44.0 Å². The van der Waals surface area contributed by atoms with Crippen LogP contribution in [0.15, 0.2) is 48.8 Å². The summed E-state index contributed by atoms with van der Waals surface area (Å²) >= 11 is 0. The van der Waals surface area contributed by atoms with Crippen LogP contribution in [0.1, 0.15) is 87.9 Å². The Morgan fingerprint density at radius 1 is 1.00 bits per heavy atom. The molecule has 3 aromatic heterocycles. The summed E-state index contributed by atoms with van der Waals surface area (Å²) in [5, 5.41) is 16.5. The Labute approximate surface area is 270 Å². The largest absolute Gasteiger partial charge is 0.619 e. The number of amides is 1. The molecule has 45 heavy (non-hydrogen) atoms. The van der Waals surface area contributed by atoms with Crippen molar-refractivity contribution in [1.82, 2.24) is 20.2 Å². The number of nitrogens with zero attached hydrogens (tertiary/aromatic N) is 3. The molecule has 0 saturated carbocycles. The molecule has 1 atom stereocenters. The number of aromatic nitrogens is 3. The zero-order valence-electron chi connectivity index (χ0n) is 29.0. The number of aryl methyl sites for hydroxylation is 3. The molecule has 2 N–H and O–H groups in total. The van der Waals surface area contributed by atoms with Crippen molar-refractivity contribution in [1.29, 1.82) is 0 Å². The van der Waals surface area contributed by atoms with Crippen LogP contribution in [0, 0.1) is 37.8 Å². The van der Waals surface area contributed by atoms with Crippen molar-refractivity contribution in [2.75, 3.05) is 26.2 Å². The lowest BCUT2D eigenvalue weighted by atomic mass is 9.82. The van der Waals surface area contributed by atoms with Crippen LogP contribution < -0.4 is 10.0 Å². The smallest absolute Gasteiger partial charge is 0.232 e. The van der Waals surface area contributed by atoms with Gasteiger partial charge in [-0.15, -0.1) is 0 Å². The zero-order valence-corrected chi connectivity index (χ0v) is 29.0. The van der Waals surface area contributed by atoms with Crippen LogP contribution >= 0.6 is 0 Å². The van der Waals surface area contributed by atoms with Crippen molar-refractivity contribution < 1.29 is 9.52 Å². The predicted molar refractivity (Wildman–Crippen MR) is 185 cm³/mol. The Morgan fingerprint density at radius 2 is 1.64 bits per heavy atom. The molecule has 242 valence electrons. The molecule has 7 nitrogen and oxygen atoms in total. The fourth-order valence-electron chi connectivity index (χ4n) is 6.40. The molecular weight excluding hydrogens is 558 g/mol. The van der Waals surface area contributed by atoms with E-state index in [2.05, 4.69) is 83.0 Å². The molecule has 0 fully saturated rings. The number of hydrogen-bond acceptors (Lipinski definition) is 4. The number of nitrogens with one attached hydrogen (secondary N) is 2. The fraction of sp³-hybridized carbons (Fsp3) is 0.500. The molecule has 7 heteroatoms. The number of rotatable bonds is 13. The van der Waals surface area contributed by atoms with Gasteiger partial charge in [-0.2, -0.15) is 4.73 Å². The van der Waals surface area contributed by atoms with E-state index in [0.717, 1.165) is 70.7 Å². The van der Waals surface area contributed by atoms with Crippen LogP contribution in [0.4, 0.5) is 0 Å². The normalized spacial score (nSPS) is 12.8. The van der Waals surface area contributed by atoms with Gasteiger partial charge >= 0.3 is 0 Å². The molecule has 0 aliphatic rings. The molecule has 1 aromatic carbocycles. The number of carbonyl (C=O) groups is 1. The van der Waals surface area contributed by atoms with Gasteiger partial charge in [-0.25, -0.2) is 4.98 Å². The van der Waals surface area contributed by atoms with Gasteiger partial charge in [0.15, 0.2) is 11.9 Å². The van der Waals surface area contributed by atoms with Crippen LogP contribution in [0.2, 0.25) is 0 Å². The summed E-state index contributed by atoms with van der Waals surface area (Å²) in [5.74, 6) is 1.10. The van der Waals surface area contributed by atoms with Crippen molar-refractivity contribution in [3.8, 4) is 11.3 Å². The average molecular weight is 612 g/mol. The summed E-state index contributed by atoms with van der Waals surface area (Å²) in [6.45, 7) is 24.2. The van der Waals surface area contributed by atoms with Crippen LogP contribution in [-0.4, -0.2) is 47.0 Å². The number of pyridine rings is 2. The first kappa shape index (κ1) is 34.2. The summed E-state index contributed by atoms with van der Waals surface area (Å²) < 4.78 is 0.897. The van der Waals surface area contributed by atoms with E-state index in [1.165, 1.54) is 16.7 Å². The first-order valence-corrected chi connectivity index (χ1v) is 16.5. The molecule has 1 amide bonds. The van der Waals surface area contributed by atoms with Crippen molar-refractivity contribution in [2.45, 2.75) is 87.0 Å². The molecule has 0 bridgehead atoms. The van der Waals surface area contributed by atoms with E-state index in [9.17, 15) is 10.0 Å². The monoisotopic (exact) mass is 611 g/mol. The Balaban J connectivity index is 1.70. The Bertz CT molecular complexity index is 1600. The minimum absolute atomic E-state index is 0.144. The first-order chi connectivity index (χ1) is 21.2. The third-order valence-corrected chi connectivity index (χ3v) is 8.62. The highest BCUT2D eigenvalue weighted by Crippen LogP contribution is 2.38. The van der Waals surface area contributed by atoms with Gasteiger partial charge in [0.2, 0.25) is 5.91 Å². The van der Waals surface area contributed by atoms with Crippen molar-refractivity contribution in [2.24, 2.45) is 11.8 Å². The van der Waals surface area contributed by atoms with Gasteiger partial charge in [0, 0.05) is 50.3 Å². The minimum atomic E-state index is -0.725. The third-order valence-electron chi connectivity index (χ3n) is 8.62. The molecule has 1 unspecified atom stereocenters. The Kier molecular flexibility index (Phi) is 10.7. The molecule has 0 radical (unpaired) electrons. The summed E-state index contributed by atoms with van der Waals surface area (Å²) in [7, 11) is 0. The van der Waals surface area contributed by atoms with E-state index in [4.69, 9.17) is 4.98 Å². The van der Waals surface area contributed by atoms with Crippen molar-refractivity contribution in [3.63, 3.8) is 0 Å². The molecular formula is C38H53N5O2. The van der Waals surface area contributed by atoms with Gasteiger partial charge in [-0.3, -0.25) is 4.79 Å². The van der Waals surface area contributed by atoms with Crippen molar-refractivity contribution in [3.05, 3.63) is 87.5 Å². The van der Waals surface area contributed by atoms with Gasteiger partial charge in [-0.1, -0.05) is 51.8 Å². The summed E-state index contributed by atoms with van der Waals surface area (Å²) in [6, 6.07) is 12.7. The maximum absolute atomic E-state index is 14.1. The molecule has 0 saturated heterocycles. The van der Waals surface area contributed by atoms with Gasteiger partial charge < -0.3 is 20.4 Å². The lowest BCUT2D eigenvalue weighted by Crippen LogP contribution is -2.46. The number of carbonyl (C=O) groups excluding carboxylic acids is 1. The highest BCUT2D eigenvalue weighted by Gasteiger charge is 2.35. The number of fused-ring (bicyclic) bond motifs is 1. The second-order valence-corrected chi connectivity index (χ2v) is 14.4. The second kappa shape index (κ2) is 14.2. The number of aromatic amines is 1. The maximum Gasteiger partial charge on any atom is 0.232 e. The number of benzene rings is 1. The fourth-order valence-corrected chi connectivity index (χ4v) is 6.40. The van der Waals surface area contributed by atoms with Crippen LogP contribution in [0.3, 0.4) is 0 Å². The lowest BCUT2D eigenvalue weighted by molar-refractivity contribution is -0.612. The van der Waals surface area contributed by atoms with Crippen molar-refractivity contribution >= 4 is 16.9 Å². The highest BCUT2D eigenvalue weighted by molar-refractivity contribution is 5.92. The first-order valence-electron chi connectivity index (χ1n) is 16.5. The standard InChI is InChI=1S/C38H53N5O2/c1-24(2)22-42(23-25(3)4)37(44)38(9,10)32-19-33-34(28(7)20-39-13-11-30-12-14-43(45)29(8)18-30)35(41-36(33)40-21-32)31-16-26(5)15-27(6)17-31/h12,14-19,21,24-25,28,39H,11,13,20,22-23H2,1-10H3,(H,40,41). The predicted octanol–water partition coefficient (Wildman–Crippen LogP) is 7.14. The van der Waals surface area contributed by atoms with E-state index < -0.39 is 5.41 Å². The summed E-state index contributed by atoms with van der Waals surface area (Å²) in [5.41, 5.74) is 8.77. The molecule has 0 aliphatic heterocycles. The molecule has 4 aromatic rings. The van der Waals surface area contributed by atoms with E-state index in [0.29, 0.717) is 17.5 Å². The number of H-pyrrole nitrogens is 1.